The number of hydrogen-bond donors (Lipinski definition) is 1. The van der Waals surface area contributed by atoms with Crippen molar-refractivity contribution in [1.29, 1.82) is 0 Å². The van der Waals surface area contributed by atoms with Crippen molar-refractivity contribution in [3.63, 3.8) is 0 Å². The van der Waals surface area contributed by atoms with Crippen LogP contribution in [0.4, 0.5) is 4.79 Å². The van der Waals surface area contributed by atoms with Gasteiger partial charge >= 0.3 is 6.03 Å². The SMILES string of the molecule is CC(C)NC(=O)N1CCCN(C(=O)c2ccc3c(c2)CCO3)CC1. The summed E-state index contributed by atoms with van der Waals surface area (Å²) in [5.74, 6) is 0.926. The lowest BCUT2D eigenvalue weighted by Gasteiger charge is -2.23. The molecule has 0 bridgehead atoms. The predicted molar refractivity (Wildman–Crippen MR) is 91.4 cm³/mol. The van der Waals surface area contributed by atoms with Gasteiger partial charge in [-0.05, 0) is 44.0 Å². The molecule has 0 aromatic heterocycles. The van der Waals surface area contributed by atoms with E-state index in [9.17, 15) is 9.59 Å². The number of nitrogens with one attached hydrogen (secondary N) is 1. The molecule has 1 aromatic rings. The lowest BCUT2D eigenvalue weighted by Crippen LogP contribution is -2.44. The molecule has 0 spiro atoms. The number of urea groups is 1. The van der Waals surface area contributed by atoms with Gasteiger partial charge in [-0.15, -0.1) is 0 Å². The maximum absolute atomic E-state index is 12.8. The Morgan fingerprint density at radius 1 is 1.12 bits per heavy atom. The summed E-state index contributed by atoms with van der Waals surface area (Å²) in [5.41, 5.74) is 1.81. The zero-order valence-electron chi connectivity index (χ0n) is 14.4. The van der Waals surface area contributed by atoms with Crippen LogP contribution in [0.1, 0.15) is 36.2 Å². The molecule has 0 atom stereocenters. The summed E-state index contributed by atoms with van der Waals surface area (Å²) in [4.78, 5) is 28.5. The Hall–Kier alpha value is -2.24. The zero-order valence-corrected chi connectivity index (χ0v) is 14.4. The first-order valence-corrected chi connectivity index (χ1v) is 8.65. The highest BCUT2D eigenvalue weighted by Crippen LogP contribution is 2.26. The van der Waals surface area contributed by atoms with E-state index >= 15 is 0 Å². The molecule has 0 saturated carbocycles. The van der Waals surface area contributed by atoms with E-state index in [2.05, 4.69) is 5.32 Å². The number of hydrogen-bond acceptors (Lipinski definition) is 3. The molecule has 1 aromatic carbocycles. The summed E-state index contributed by atoms with van der Waals surface area (Å²) >= 11 is 0. The monoisotopic (exact) mass is 331 g/mol. The number of ether oxygens (including phenoxy) is 1. The van der Waals surface area contributed by atoms with E-state index < -0.39 is 0 Å². The molecule has 2 heterocycles. The first kappa shape index (κ1) is 16.6. The summed E-state index contributed by atoms with van der Waals surface area (Å²) in [6, 6.07) is 5.73. The van der Waals surface area contributed by atoms with E-state index in [0.717, 1.165) is 24.2 Å². The van der Waals surface area contributed by atoms with Crippen LogP contribution in [-0.2, 0) is 6.42 Å². The molecule has 0 unspecified atom stereocenters. The van der Waals surface area contributed by atoms with Gasteiger partial charge in [0.2, 0.25) is 0 Å². The van der Waals surface area contributed by atoms with Crippen LogP contribution in [0.3, 0.4) is 0 Å². The van der Waals surface area contributed by atoms with Gasteiger partial charge < -0.3 is 19.9 Å². The van der Waals surface area contributed by atoms with Crippen LogP contribution in [0.15, 0.2) is 18.2 Å². The average molecular weight is 331 g/mol. The highest BCUT2D eigenvalue weighted by molar-refractivity contribution is 5.94. The topological polar surface area (TPSA) is 61.9 Å². The Balaban J connectivity index is 1.63. The van der Waals surface area contributed by atoms with Gasteiger partial charge in [0, 0.05) is 44.2 Å². The number of nitrogens with zero attached hydrogens (tertiary/aromatic N) is 2. The Morgan fingerprint density at radius 2 is 1.88 bits per heavy atom. The standard InChI is InChI=1S/C18H25N3O3/c1-13(2)19-18(23)21-8-3-7-20(9-10-21)17(22)15-4-5-16-14(12-15)6-11-24-16/h4-5,12-13H,3,6-11H2,1-2H3,(H,19,23). The van der Waals surface area contributed by atoms with E-state index in [1.165, 1.54) is 0 Å². The summed E-state index contributed by atoms with van der Waals surface area (Å²) in [6.45, 7) is 7.08. The third kappa shape index (κ3) is 3.63. The van der Waals surface area contributed by atoms with Crippen LogP contribution in [0.25, 0.3) is 0 Å². The first-order valence-electron chi connectivity index (χ1n) is 8.65. The third-order valence-corrected chi connectivity index (χ3v) is 4.42. The average Bonchev–Trinajstić information content (AvgIpc) is 2.87. The second kappa shape index (κ2) is 7.11. The van der Waals surface area contributed by atoms with Gasteiger partial charge in [-0.25, -0.2) is 4.79 Å². The van der Waals surface area contributed by atoms with Crippen LogP contribution in [0, 0.1) is 0 Å². The minimum absolute atomic E-state index is 0.0378. The predicted octanol–water partition coefficient (Wildman–Crippen LogP) is 1.89. The van der Waals surface area contributed by atoms with Crippen molar-refractivity contribution < 1.29 is 14.3 Å². The van der Waals surface area contributed by atoms with Crippen molar-refractivity contribution in [2.45, 2.75) is 32.7 Å². The van der Waals surface area contributed by atoms with Crippen molar-refractivity contribution in [2.24, 2.45) is 0 Å². The number of rotatable bonds is 2. The van der Waals surface area contributed by atoms with Crippen LogP contribution >= 0.6 is 0 Å². The molecule has 3 amide bonds. The summed E-state index contributed by atoms with van der Waals surface area (Å²) < 4.78 is 5.49. The normalized spacial score (nSPS) is 17.3. The van der Waals surface area contributed by atoms with E-state index in [4.69, 9.17) is 4.74 Å². The molecule has 6 nitrogen and oxygen atoms in total. The molecule has 1 fully saturated rings. The first-order chi connectivity index (χ1) is 11.5. The molecule has 24 heavy (non-hydrogen) atoms. The van der Waals surface area contributed by atoms with Gasteiger partial charge in [0.25, 0.3) is 5.91 Å². The van der Waals surface area contributed by atoms with Crippen LogP contribution in [0.5, 0.6) is 5.75 Å². The molecule has 6 heteroatoms. The number of amides is 3. The van der Waals surface area contributed by atoms with Crippen molar-refractivity contribution >= 4 is 11.9 Å². The van der Waals surface area contributed by atoms with E-state index in [-0.39, 0.29) is 18.0 Å². The van der Waals surface area contributed by atoms with Gasteiger partial charge in [-0.2, -0.15) is 0 Å². The minimum Gasteiger partial charge on any atom is -0.493 e. The molecular formula is C18H25N3O3. The van der Waals surface area contributed by atoms with Crippen molar-refractivity contribution in [1.82, 2.24) is 15.1 Å². The Morgan fingerprint density at radius 3 is 2.67 bits per heavy atom. The summed E-state index contributed by atoms with van der Waals surface area (Å²) in [6.07, 6.45) is 1.66. The number of fused-ring (bicyclic) bond motifs is 1. The number of carbonyl (C=O) groups is 2. The second-order valence-electron chi connectivity index (χ2n) is 6.66. The fraction of sp³-hybridized carbons (Fsp3) is 0.556. The lowest BCUT2D eigenvalue weighted by molar-refractivity contribution is 0.0762. The fourth-order valence-corrected chi connectivity index (χ4v) is 3.16. The molecule has 1 N–H and O–H groups in total. The molecular weight excluding hydrogens is 306 g/mol. The van der Waals surface area contributed by atoms with Gasteiger partial charge in [-0.1, -0.05) is 0 Å². The fourth-order valence-electron chi connectivity index (χ4n) is 3.16. The quantitative estimate of drug-likeness (QED) is 0.900. The van der Waals surface area contributed by atoms with Crippen molar-refractivity contribution in [3.05, 3.63) is 29.3 Å². The molecule has 2 aliphatic rings. The summed E-state index contributed by atoms with van der Waals surface area (Å²) in [7, 11) is 0. The number of carbonyl (C=O) groups excluding carboxylic acids is 2. The third-order valence-electron chi connectivity index (χ3n) is 4.42. The minimum atomic E-state index is -0.0472. The highest BCUT2D eigenvalue weighted by atomic mass is 16.5. The smallest absolute Gasteiger partial charge is 0.317 e. The molecule has 0 aliphatic carbocycles. The van der Waals surface area contributed by atoms with Gasteiger partial charge in [0.15, 0.2) is 0 Å². The van der Waals surface area contributed by atoms with Gasteiger partial charge in [0.1, 0.15) is 5.75 Å². The summed E-state index contributed by atoms with van der Waals surface area (Å²) in [5, 5.41) is 2.91. The van der Waals surface area contributed by atoms with Crippen LogP contribution in [-0.4, -0.2) is 60.6 Å². The Labute approximate surface area is 142 Å². The van der Waals surface area contributed by atoms with Gasteiger partial charge in [0.05, 0.1) is 6.61 Å². The highest BCUT2D eigenvalue weighted by Gasteiger charge is 2.24. The molecule has 0 radical (unpaired) electrons. The zero-order chi connectivity index (χ0) is 17.1. The van der Waals surface area contributed by atoms with Gasteiger partial charge in [-0.3, -0.25) is 4.79 Å². The maximum Gasteiger partial charge on any atom is 0.317 e. The maximum atomic E-state index is 12.8. The Kier molecular flexibility index (Phi) is 4.92. The molecule has 3 rings (SSSR count). The van der Waals surface area contributed by atoms with Crippen LogP contribution in [0.2, 0.25) is 0 Å². The lowest BCUT2D eigenvalue weighted by atomic mass is 10.1. The second-order valence-corrected chi connectivity index (χ2v) is 6.66. The molecule has 130 valence electrons. The van der Waals surface area contributed by atoms with Crippen molar-refractivity contribution in [2.75, 3.05) is 32.8 Å². The van der Waals surface area contributed by atoms with E-state index in [1.54, 1.807) is 4.90 Å². The molecule has 2 aliphatic heterocycles. The van der Waals surface area contributed by atoms with Crippen LogP contribution < -0.4 is 10.1 Å². The van der Waals surface area contributed by atoms with E-state index in [0.29, 0.717) is 38.3 Å². The number of benzene rings is 1. The largest absolute Gasteiger partial charge is 0.493 e. The Bertz CT molecular complexity index is 630. The van der Waals surface area contributed by atoms with E-state index in [1.807, 2.05) is 36.9 Å². The van der Waals surface area contributed by atoms with Crippen molar-refractivity contribution in [3.8, 4) is 5.75 Å². The molecule has 1 saturated heterocycles.